The van der Waals surface area contributed by atoms with Crippen molar-refractivity contribution >= 4 is 132 Å². The quantitative estimate of drug-likeness (QED) is 0.0702. The first-order chi connectivity index (χ1) is 52.5. The SMILES string of the molecule is CCC1=C(CC)c2cc3[n-]c(cc4nc(cc5[n-]c(cc1n2)c(CC)c5CC)C(CC)=C4CC)c(CC)c3CC.Cc1ccc2cccc([O][Al][O]c3ccc(-c4ccccc4)cc3)c2n1.[B]CP.[Pt+2].c1ccc2c(c1)c1ccccc1n2-c1ccc(-c2ccc(-n3c4ccccc4c4ccccc43)cc2)cc1. The second-order valence-electron chi connectivity index (χ2n) is 26.8. The molecule has 0 spiro atoms. The smallest absolute Gasteiger partial charge is 0.657 e. The number of aryl methyl sites for hydroxylation is 5. The number of hydrogen-bond acceptors (Lipinski definition) is 5. The fraction of sp³-hybridized carbons (Fsp3) is 0.189. The Balaban J connectivity index is 0.000000143. The monoisotopic (exact) mass is 1620 g/mol. The first kappa shape index (κ1) is 76.1. The number of allylic oxidation sites excluding steroid dienone is 4. The minimum absolute atomic E-state index is 0. The third-order valence-corrected chi connectivity index (χ3v) is 21.4. The van der Waals surface area contributed by atoms with Crippen LogP contribution in [0.15, 0.2) is 255 Å². The molecule has 8 bridgehead atoms. The normalized spacial score (nSPS) is 11.8. The van der Waals surface area contributed by atoms with E-state index in [-0.39, 0.29) is 21.1 Å². The topological polar surface area (TPSA) is 95.2 Å². The molecule has 9 nitrogen and oxygen atoms in total. The molecule has 13 heteroatoms. The van der Waals surface area contributed by atoms with Crippen LogP contribution >= 0.6 is 9.24 Å². The Morgan fingerprint density at radius 1 is 0.361 bits per heavy atom. The van der Waals surface area contributed by atoms with E-state index in [2.05, 4.69) is 279 Å². The predicted molar refractivity (Wildman–Crippen MR) is 457 cm³/mol. The first-order valence-corrected chi connectivity index (χ1v) is 39.7. The van der Waals surface area contributed by atoms with Gasteiger partial charge in [-0.3, -0.25) is 0 Å². The summed E-state index contributed by atoms with van der Waals surface area (Å²) in [4.78, 5) is 25.6. The van der Waals surface area contributed by atoms with Gasteiger partial charge in [-0.25, -0.2) is 15.0 Å². The number of hydrogen-bond donors (Lipinski definition) is 0. The summed E-state index contributed by atoms with van der Waals surface area (Å²) in [5, 5.41) is 6.21. The van der Waals surface area contributed by atoms with Crippen LogP contribution in [0.1, 0.15) is 132 Å². The largest absolute Gasteiger partial charge is 2.00 e. The van der Waals surface area contributed by atoms with Gasteiger partial charge < -0.3 is 26.7 Å². The summed E-state index contributed by atoms with van der Waals surface area (Å²) in [5.74, 6) is 1.58. The van der Waals surface area contributed by atoms with E-state index in [0.717, 1.165) is 124 Å². The van der Waals surface area contributed by atoms with Gasteiger partial charge in [0.15, 0.2) is 0 Å². The Morgan fingerprint density at radius 2 is 0.694 bits per heavy atom. The van der Waals surface area contributed by atoms with Crippen molar-refractivity contribution in [3.8, 4) is 45.1 Å². The summed E-state index contributed by atoms with van der Waals surface area (Å²) >= 11 is -0.665. The maximum Gasteiger partial charge on any atom is 2.00 e. The molecule has 0 fully saturated rings. The number of pyridine rings is 1. The summed E-state index contributed by atoms with van der Waals surface area (Å²) in [6.45, 7) is 19.9. The molecule has 17 rings (SSSR count). The van der Waals surface area contributed by atoms with Crippen LogP contribution in [0, 0.1) is 6.92 Å². The van der Waals surface area contributed by atoms with Crippen LogP contribution in [-0.4, -0.2) is 53.9 Å². The van der Waals surface area contributed by atoms with E-state index in [0.29, 0.717) is 6.06 Å². The average Bonchev–Trinajstić information content (AvgIpc) is 1.58. The van der Waals surface area contributed by atoms with Gasteiger partial charge in [0.2, 0.25) is 0 Å². The van der Waals surface area contributed by atoms with E-state index in [1.54, 1.807) is 0 Å². The zero-order valence-corrected chi connectivity index (χ0v) is 67.7. The second-order valence-corrected chi connectivity index (χ2v) is 28.0. The van der Waals surface area contributed by atoms with Gasteiger partial charge in [0, 0.05) is 44.0 Å². The van der Waals surface area contributed by atoms with Crippen LogP contribution in [0.25, 0.3) is 133 Å². The predicted octanol–water partition coefficient (Wildman–Crippen LogP) is 24.0. The summed E-state index contributed by atoms with van der Waals surface area (Å²) in [6.07, 6.45) is 7.60. The standard InChI is InChI=1S/C36H44N4.C36H24N2.C12H10O.C10H9NO.CH4BP.Al.Pt/c1-9-21-22(10-2)30-18-32-25(13-5)26(14-6)34(39-32)20-36-28(16-8)27(15-7)35(40-36)19-33-24(12-4)23(11-3)31(38-33)17-29(21)37-30;1-5-13-33-29(9-1)30-10-2-6-14-34(30)37(33)27-21-17-25(18-22-27)26-19-23-28(24-20-26)38-35-15-7-3-11-31(35)32-12-4-8-16-36(32)38;13-12-8-6-11(7-9-12)10-4-2-1-3-5-10;1-7-5-6-8-3-2-4-9(12)10(8)11-7;2-1-3;;/h17-20H,9-16H2,1-8H3;1-24H;1-9,13H;2-6,12H,1H3;1,3H2;;/q-2;;;;;2*+2/p-2. The van der Waals surface area contributed by atoms with Crippen molar-refractivity contribution in [1.29, 1.82) is 0 Å². The zero-order chi connectivity index (χ0) is 74.1. The molecule has 15 aromatic rings. The van der Waals surface area contributed by atoms with E-state index >= 15 is 0 Å². The summed E-state index contributed by atoms with van der Waals surface area (Å²) in [5.41, 5.74) is 33.1. The fourth-order valence-corrected chi connectivity index (χ4v) is 16.3. The molecule has 2 aliphatic heterocycles. The molecule has 0 N–H and O–H groups in total. The van der Waals surface area contributed by atoms with Gasteiger partial charge in [0.25, 0.3) is 0 Å². The summed E-state index contributed by atoms with van der Waals surface area (Å²) < 4.78 is 16.4. The van der Waals surface area contributed by atoms with E-state index in [1.807, 2.05) is 61.5 Å². The van der Waals surface area contributed by atoms with Gasteiger partial charge in [0.1, 0.15) is 11.3 Å². The van der Waals surface area contributed by atoms with Crippen LogP contribution in [-0.2, 0) is 46.7 Å². The summed E-state index contributed by atoms with van der Waals surface area (Å²) in [6, 6.07) is 90.5. The van der Waals surface area contributed by atoms with Crippen molar-refractivity contribution in [2.24, 2.45) is 0 Å². The van der Waals surface area contributed by atoms with Gasteiger partial charge in [-0.2, -0.15) is 0 Å². The maximum absolute atomic E-state index is 5.89. The first-order valence-electron chi connectivity index (χ1n) is 37.9. The molecule has 8 heterocycles. The third-order valence-electron chi connectivity index (χ3n) is 20.7. The van der Waals surface area contributed by atoms with E-state index in [9.17, 15) is 0 Å². The number of benzene rings is 9. The van der Waals surface area contributed by atoms with E-state index in [1.165, 1.54) is 122 Å². The molecule has 0 amide bonds. The fourth-order valence-electron chi connectivity index (χ4n) is 15.7. The van der Waals surface area contributed by atoms with Crippen LogP contribution in [0.3, 0.4) is 0 Å². The average molecular weight is 1620 g/mol. The molecule has 0 aliphatic carbocycles. The Labute approximate surface area is 659 Å². The van der Waals surface area contributed by atoms with Gasteiger partial charge >= 0.3 is 37.0 Å². The van der Waals surface area contributed by atoms with Crippen molar-refractivity contribution in [2.45, 2.75) is 114 Å². The third kappa shape index (κ3) is 15.4. The number of aromatic nitrogens is 7. The molecule has 3 radical (unpaired) electrons. The minimum atomic E-state index is -0.665. The van der Waals surface area contributed by atoms with Crippen LogP contribution in [0.5, 0.6) is 11.5 Å². The molecular formula is C95H89AlBN7O2PPt. The number of rotatable bonds is 16. The number of para-hydroxylation sites is 5. The minimum Gasteiger partial charge on any atom is -0.657 e. The molecule has 0 saturated carbocycles. The van der Waals surface area contributed by atoms with Gasteiger partial charge in [0.05, 0.1) is 58.4 Å². The Kier molecular flexibility index (Phi) is 24.6. The number of nitrogens with zero attached hydrogens (tertiary/aromatic N) is 7. The van der Waals surface area contributed by atoms with Crippen molar-refractivity contribution in [1.82, 2.24) is 34.1 Å². The van der Waals surface area contributed by atoms with Crippen molar-refractivity contribution < 1.29 is 28.6 Å². The molecule has 108 heavy (non-hydrogen) atoms. The van der Waals surface area contributed by atoms with Gasteiger partial charge in [-0.05, 0) is 176 Å². The second kappa shape index (κ2) is 34.9. The molecule has 6 aromatic heterocycles. The van der Waals surface area contributed by atoms with Crippen LogP contribution < -0.4 is 17.5 Å². The maximum atomic E-state index is 5.89. The Morgan fingerprint density at radius 3 is 1.05 bits per heavy atom. The van der Waals surface area contributed by atoms with Crippen LogP contribution in [0.2, 0.25) is 0 Å². The molecule has 537 valence electrons. The summed E-state index contributed by atoms with van der Waals surface area (Å²) in [7, 11) is 7.17. The Hall–Kier alpha value is -10.1. The number of fused-ring (bicyclic) bond motifs is 15. The molecule has 0 saturated heterocycles. The van der Waals surface area contributed by atoms with Crippen molar-refractivity contribution in [3.05, 3.63) is 306 Å². The molecular weight excluding hydrogens is 1530 g/mol. The molecule has 2 aliphatic rings. The van der Waals surface area contributed by atoms with Crippen molar-refractivity contribution in [3.63, 3.8) is 0 Å². The van der Waals surface area contributed by atoms with Crippen LogP contribution in [0.4, 0.5) is 0 Å². The molecule has 1 unspecified atom stereocenters. The van der Waals surface area contributed by atoms with Gasteiger partial charge in [-0.15, -0.1) is 31.3 Å². The van der Waals surface area contributed by atoms with Gasteiger partial charge in [-0.1, -0.05) is 266 Å². The van der Waals surface area contributed by atoms with Crippen molar-refractivity contribution in [2.75, 3.05) is 6.06 Å². The van der Waals surface area contributed by atoms with E-state index < -0.39 is 15.9 Å². The molecule has 9 aromatic carbocycles. The Bertz CT molecular complexity index is 5480. The zero-order valence-electron chi connectivity index (χ0n) is 63.1. The molecule has 1 atom stereocenters. The van der Waals surface area contributed by atoms with E-state index in [4.69, 9.17) is 35.4 Å².